The van der Waals surface area contributed by atoms with Gasteiger partial charge < -0.3 is 4.74 Å². The molecule has 0 unspecified atom stereocenters. The first-order valence-electron chi connectivity index (χ1n) is 21.2. The second-order valence-corrected chi connectivity index (χ2v) is 14.8. The lowest BCUT2D eigenvalue weighted by Crippen LogP contribution is -1.91. The Hall–Kier alpha value is -1.76. The van der Waals surface area contributed by atoms with Crippen molar-refractivity contribution in [2.45, 2.75) is 219 Å². The fraction of sp³-hybridized carbons (Fsp3) is 0.739. The van der Waals surface area contributed by atoms with Gasteiger partial charge in [0.1, 0.15) is 11.5 Å². The molecule has 0 saturated carbocycles. The molecule has 0 bridgehead atoms. The summed E-state index contributed by atoms with van der Waals surface area (Å²) in [5, 5.41) is 0. The average molecular weight is 647 g/mol. The van der Waals surface area contributed by atoms with E-state index in [1.807, 2.05) is 0 Å². The number of hydrogen-bond acceptors (Lipinski definition) is 1. The summed E-state index contributed by atoms with van der Waals surface area (Å²) in [7, 11) is 0. The van der Waals surface area contributed by atoms with Crippen molar-refractivity contribution in [1.29, 1.82) is 0 Å². The van der Waals surface area contributed by atoms with Crippen LogP contribution in [-0.2, 0) is 12.8 Å². The summed E-state index contributed by atoms with van der Waals surface area (Å²) in [5.41, 5.74) is 2.82. The van der Waals surface area contributed by atoms with Crippen molar-refractivity contribution in [3.63, 3.8) is 0 Å². The van der Waals surface area contributed by atoms with Crippen LogP contribution < -0.4 is 4.74 Å². The zero-order valence-corrected chi connectivity index (χ0v) is 31.7. The summed E-state index contributed by atoms with van der Waals surface area (Å²) >= 11 is 0. The van der Waals surface area contributed by atoms with Gasteiger partial charge in [-0.15, -0.1) is 0 Å². The van der Waals surface area contributed by atoms with Crippen molar-refractivity contribution in [3.8, 4) is 11.5 Å². The molecule has 1 nitrogen and oxygen atoms in total. The molecule has 0 aliphatic heterocycles. The fourth-order valence-corrected chi connectivity index (χ4v) is 7.07. The minimum Gasteiger partial charge on any atom is -0.457 e. The van der Waals surface area contributed by atoms with Crippen LogP contribution >= 0.6 is 0 Å². The molecule has 1 heteroatoms. The van der Waals surface area contributed by atoms with Crippen molar-refractivity contribution in [2.24, 2.45) is 0 Å². The second kappa shape index (κ2) is 31.5. The molecule has 2 rings (SSSR count). The van der Waals surface area contributed by atoms with Gasteiger partial charge in [-0.3, -0.25) is 0 Å². The smallest absolute Gasteiger partial charge is 0.127 e. The minimum atomic E-state index is 0.979. The fourth-order valence-electron chi connectivity index (χ4n) is 7.07. The van der Waals surface area contributed by atoms with Gasteiger partial charge >= 0.3 is 0 Å². The Morgan fingerprint density at radius 2 is 0.574 bits per heavy atom. The third-order valence-corrected chi connectivity index (χ3v) is 10.2. The Balaban J connectivity index is 1.45. The first kappa shape index (κ1) is 41.4. The molecule has 0 aliphatic rings. The lowest BCUT2D eigenvalue weighted by atomic mass is 10.0. The van der Waals surface area contributed by atoms with E-state index in [9.17, 15) is 0 Å². The van der Waals surface area contributed by atoms with Gasteiger partial charge in [-0.1, -0.05) is 218 Å². The molecule has 0 heterocycles. The van der Waals surface area contributed by atoms with Crippen LogP contribution in [0.5, 0.6) is 11.5 Å². The van der Waals surface area contributed by atoms with E-state index < -0.39 is 0 Å². The van der Waals surface area contributed by atoms with Gasteiger partial charge in [0.25, 0.3) is 0 Å². The van der Waals surface area contributed by atoms with Gasteiger partial charge in [-0.05, 0) is 61.1 Å². The summed E-state index contributed by atoms with van der Waals surface area (Å²) in [6.07, 6.45) is 44.9. The lowest BCUT2D eigenvalue weighted by molar-refractivity contribution is 0.480. The second-order valence-electron chi connectivity index (χ2n) is 14.8. The summed E-state index contributed by atoms with van der Waals surface area (Å²) < 4.78 is 6.32. The van der Waals surface area contributed by atoms with Crippen LogP contribution in [0.4, 0.5) is 0 Å². The molecule has 0 spiro atoms. The number of benzene rings is 2. The molecule has 268 valence electrons. The van der Waals surface area contributed by atoms with Gasteiger partial charge in [0.15, 0.2) is 0 Å². The van der Waals surface area contributed by atoms with Crippen molar-refractivity contribution in [3.05, 3.63) is 59.7 Å². The van der Waals surface area contributed by atoms with Crippen LogP contribution in [0.1, 0.15) is 218 Å². The van der Waals surface area contributed by atoms with Gasteiger partial charge in [0.05, 0.1) is 0 Å². The number of hydrogen-bond donors (Lipinski definition) is 0. The number of aryl methyl sites for hydroxylation is 2. The maximum Gasteiger partial charge on any atom is 0.127 e. The lowest BCUT2D eigenvalue weighted by Gasteiger charge is -2.10. The monoisotopic (exact) mass is 647 g/mol. The van der Waals surface area contributed by atoms with Crippen molar-refractivity contribution in [1.82, 2.24) is 0 Å². The SMILES string of the molecule is CCCCCCCCCCCCCCCCCc1cccc(Oc2cccc(CCCCCCCCCCCCCCCCC)c2)c1. The van der Waals surface area contributed by atoms with Gasteiger partial charge in [0.2, 0.25) is 0 Å². The molecule has 0 fully saturated rings. The molecule has 0 aliphatic carbocycles. The predicted octanol–water partition coefficient (Wildman–Crippen LogP) is 16.3. The van der Waals surface area contributed by atoms with E-state index in [4.69, 9.17) is 4.74 Å². The van der Waals surface area contributed by atoms with Crippen molar-refractivity contribution >= 4 is 0 Å². The Labute approximate surface area is 294 Å². The summed E-state index contributed by atoms with van der Waals surface area (Å²) in [6, 6.07) is 17.6. The van der Waals surface area contributed by atoms with Crippen LogP contribution in [0.2, 0.25) is 0 Å². The Morgan fingerprint density at radius 1 is 0.319 bits per heavy atom. The van der Waals surface area contributed by atoms with Crippen LogP contribution in [-0.4, -0.2) is 0 Å². The average Bonchev–Trinajstić information content (AvgIpc) is 3.08. The van der Waals surface area contributed by atoms with Gasteiger partial charge in [0, 0.05) is 0 Å². The Morgan fingerprint density at radius 3 is 0.851 bits per heavy atom. The Bertz CT molecular complexity index is 857. The summed E-state index contributed by atoms with van der Waals surface area (Å²) in [4.78, 5) is 0. The number of rotatable bonds is 34. The molecule has 0 radical (unpaired) electrons. The van der Waals surface area contributed by atoms with Crippen LogP contribution in [0.25, 0.3) is 0 Å². The first-order valence-corrected chi connectivity index (χ1v) is 21.2. The van der Waals surface area contributed by atoms with Crippen LogP contribution in [0.3, 0.4) is 0 Å². The zero-order valence-electron chi connectivity index (χ0n) is 31.7. The summed E-state index contributed by atoms with van der Waals surface area (Å²) in [6.45, 7) is 4.60. The number of ether oxygens (including phenoxy) is 1. The molecule has 0 aromatic heterocycles. The summed E-state index contributed by atoms with van der Waals surface area (Å²) in [5.74, 6) is 1.96. The molecular weight excluding hydrogens is 569 g/mol. The third kappa shape index (κ3) is 25.0. The van der Waals surface area contributed by atoms with E-state index >= 15 is 0 Å². The van der Waals surface area contributed by atoms with Crippen molar-refractivity contribution < 1.29 is 4.74 Å². The van der Waals surface area contributed by atoms with E-state index in [0.29, 0.717) is 0 Å². The topological polar surface area (TPSA) is 9.23 Å². The molecule has 0 atom stereocenters. The van der Waals surface area contributed by atoms with Crippen LogP contribution in [0, 0.1) is 0 Å². The van der Waals surface area contributed by atoms with Crippen LogP contribution in [0.15, 0.2) is 48.5 Å². The normalized spacial score (nSPS) is 11.4. The largest absolute Gasteiger partial charge is 0.457 e. The maximum atomic E-state index is 6.32. The predicted molar refractivity (Wildman–Crippen MR) is 210 cm³/mol. The minimum absolute atomic E-state index is 0.979. The third-order valence-electron chi connectivity index (χ3n) is 10.2. The maximum absolute atomic E-state index is 6.32. The molecule has 0 saturated heterocycles. The van der Waals surface area contributed by atoms with E-state index in [1.165, 1.54) is 204 Å². The first-order chi connectivity index (χ1) is 23.3. The molecule has 2 aromatic carbocycles. The number of unbranched alkanes of at least 4 members (excludes halogenated alkanes) is 28. The molecule has 47 heavy (non-hydrogen) atoms. The highest BCUT2D eigenvalue weighted by atomic mass is 16.5. The quantitative estimate of drug-likeness (QED) is 0.0687. The standard InChI is InChI=1S/C46H78O/c1-3-5-7-9-11-13-15-17-19-21-23-25-27-29-31-35-43-37-33-39-45(41-43)47-46-40-34-38-44(42-46)36-32-30-28-26-24-22-20-18-16-14-12-10-8-6-4-2/h33-34,37-42H,3-32,35-36H2,1-2H3. The molecular formula is C46H78O. The zero-order chi connectivity index (χ0) is 33.3. The molecule has 2 aromatic rings. The Kier molecular flexibility index (Phi) is 27.8. The van der Waals surface area contributed by atoms with Gasteiger partial charge in [-0.2, -0.15) is 0 Å². The van der Waals surface area contributed by atoms with E-state index in [-0.39, 0.29) is 0 Å². The molecule has 0 amide bonds. The van der Waals surface area contributed by atoms with Crippen molar-refractivity contribution in [2.75, 3.05) is 0 Å². The highest BCUT2D eigenvalue weighted by molar-refractivity contribution is 5.36. The highest BCUT2D eigenvalue weighted by Gasteiger charge is 2.03. The highest BCUT2D eigenvalue weighted by Crippen LogP contribution is 2.25. The van der Waals surface area contributed by atoms with E-state index in [0.717, 1.165) is 24.3 Å². The van der Waals surface area contributed by atoms with E-state index in [1.54, 1.807) is 0 Å². The van der Waals surface area contributed by atoms with E-state index in [2.05, 4.69) is 62.4 Å². The molecule has 0 N–H and O–H groups in total. The van der Waals surface area contributed by atoms with Gasteiger partial charge in [-0.25, -0.2) is 0 Å².